The second kappa shape index (κ2) is 3.60. The molecule has 1 aromatic heterocycles. The van der Waals surface area contributed by atoms with Crippen molar-refractivity contribution in [3.63, 3.8) is 0 Å². The summed E-state index contributed by atoms with van der Waals surface area (Å²) in [5, 5.41) is 24.7. The smallest absolute Gasteiger partial charge is 0.404 e. The average molecular weight is 197 g/mol. The Balaban J connectivity index is 2.07. The maximum atomic E-state index is 10.5. The molecule has 1 aliphatic carbocycles. The maximum Gasteiger partial charge on any atom is 0.404 e. The summed E-state index contributed by atoms with van der Waals surface area (Å²) in [7, 11) is 0. The van der Waals surface area contributed by atoms with Crippen LogP contribution in [0.15, 0.2) is 0 Å². The van der Waals surface area contributed by atoms with Crippen LogP contribution in [0.4, 0.5) is 4.79 Å². The number of tetrazole rings is 1. The predicted octanol–water partition coefficient (Wildman–Crippen LogP) is 0.103. The molecule has 1 amide bonds. The lowest BCUT2D eigenvalue weighted by Gasteiger charge is -2.15. The molecule has 7 heteroatoms. The van der Waals surface area contributed by atoms with Gasteiger partial charge in [0.2, 0.25) is 0 Å². The van der Waals surface area contributed by atoms with E-state index in [1.54, 1.807) is 0 Å². The number of aromatic amines is 1. The fraction of sp³-hybridized carbons (Fsp3) is 0.714. The molecule has 1 aromatic rings. The number of carboxylic acid groups (broad SMARTS) is 1. The van der Waals surface area contributed by atoms with Crippen LogP contribution in [0, 0.1) is 0 Å². The highest BCUT2D eigenvalue weighted by atomic mass is 16.4. The van der Waals surface area contributed by atoms with E-state index in [0.29, 0.717) is 5.82 Å². The van der Waals surface area contributed by atoms with Crippen LogP contribution in [0.1, 0.15) is 31.0 Å². The van der Waals surface area contributed by atoms with Crippen molar-refractivity contribution in [3.8, 4) is 0 Å². The molecule has 0 spiro atoms. The summed E-state index contributed by atoms with van der Waals surface area (Å²) < 4.78 is 0. The molecule has 0 aliphatic heterocycles. The fourth-order valence-corrected chi connectivity index (χ4v) is 1.93. The van der Waals surface area contributed by atoms with E-state index in [1.807, 2.05) is 0 Å². The van der Waals surface area contributed by atoms with E-state index in [0.717, 1.165) is 19.3 Å². The quantitative estimate of drug-likeness (QED) is 0.624. The van der Waals surface area contributed by atoms with Gasteiger partial charge in [0.25, 0.3) is 0 Å². The van der Waals surface area contributed by atoms with E-state index < -0.39 is 6.09 Å². The third kappa shape index (κ3) is 1.66. The first-order valence-corrected chi connectivity index (χ1v) is 4.50. The molecule has 1 aliphatic rings. The number of aromatic nitrogens is 4. The number of H-pyrrole nitrogens is 1. The second-order valence-corrected chi connectivity index (χ2v) is 3.36. The highest BCUT2D eigenvalue weighted by molar-refractivity contribution is 5.65. The minimum atomic E-state index is -0.995. The van der Waals surface area contributed by atoms with Gasteiger partial charge in [-0.1, -0.05) is 11.6 Å². The summed E-state index contributed by atoms with van der Waals surface area (Å²) >= 11 is 0. The Morgan fingerprint density at radius 1 is 1.57 bits per heavy atom. The largest absolute Gasteiger partial charge is 0.465 e. The zero-order valence-electron chi connectivity index (χ0n) is 7.47. The highest BCUT2D eigenvalue weighted by Gasteiger charge is 2.32. The third-order valence-corrected chi connectivity index (χ3v) is 2.52. The number of nitrogens with one attached hydrogen (secondary N) is 2. The molecule has 0 aromatic carbocycles. The number of amides is 1. The zero-order chi connectivity index (χ0) is 9.97. The van der Waals surface area contributed by atoms with Crippen molar-refractivity contribution in [2.45, 2.75) is 31.2 Å². The van der Waals surface area contributed by atoms with Crippen LogP contribution < -0.4 is 5.32 Å². The molecule has 3 N–H and O–H groups in total. The Kier molecular flexibility index (Phi) is 2.30. The van der Waals surface area contributed by atoms with Crippen LogP contribution in [0.25, 0.3) is 0 Å². The Labute approximate surface area is 79.9 Å². The van der Waals surface area contributed by atoms with Crippen LogP contribution in [-0.4, -0.2) is 37.9 Å². The van der Waals surface area contributed by atoms with Crippen molar-refractivity contribution in [3.05, 3.63) is 5.82 Å². The first kappa shape index (κ1) is 8.92. The van der Waals surface area contributed by atoms with Crippen LogP contribution in [0.5, 0.6) is 0 Å². The lowest BCUT2D eigenvalue weighted by molar-refractivity contribution is 0.188. The topological polar surface area (TPSA) is 104 Å². The Hall–Kier alpha value is -1.66. The molecule has 0 unspecified atom stereocenters. The lowest BCUT2D eigenvalue weighted by Crippen LogP contribution is -2.35. The number of rotatable bonds is 2. The molecule has 1 heterocycles. The minimum absolute atomic E-state index is 0.0600. The summed E-state index contributed by atoms with van der Waals surface area (Å²) in [5.74, 6) is 0.658. The summed E-state index contributed by atoms with van der Waals surface area (Å²) in [6, 6.07) is -0.0786. The maximum absolute atomic E-state index is 10.5. The van der Waals surface area contributed by atoms with Gasteiger partial charge in [0.15, 0.2) is 5.82 Å². The van der Waals surface area contributed by atoms with Gasteiger partial charge in [-0.05, 0) is 12.8 Å². The fourth-order valence-electron chi connectivity index (χ4n) is 1.93. The van der Waals surface area contributed by atoms with E-state index in [9.17, 15) is 4.79 Å². The van der Waals surface area contributed by atoms with Gasteiger partial charge in [-0.25, -0.2) is 4.79 Å². The van der Waals surface area contributed by atoms with Crippen LogP contribution >= 0.6 is 0 Å². The second-order valence-electron chi connectivity index (χ2n) is 3.36. The van der Waals surface area contributed by atoms with Gasteiger partial charge < -0.3 is 10.4 Å². The molecule has 1 fully saturated rings. The van der Waals surface area contributed by atoms with Crippen molar-refractivity contribution in [2.75, 3.05) is 0 Å². The first-order chi connectivity index (χ1) is 6.77. The van der Waals surface area contributed by atoms with Crippen LogP contribution in [0.3, 0.4) is 0 Å². The van der Waals surface area contributed by atoms with Gasteiger partial charge in [-0.2, -0.15) is 5.21 Å². The summed E-state index contributed by atoms with van der Waals surface area (Å²) in [5.41, 5.74) is 0. The SMILES string of the molecule is O=C(O)N[C@H]1CCC[C@H]1c1nn[nH]n1. The molecule has 1 saturated carbocycles. The van der Waals surface area contributed by atoms with E-state index in [1.165, 1.54) is 0 Å². The van der Waals surface area contributed by atoms with Crippen molar-refractivity contribution in [1.82, 2.24) is 25.9 Å². The van der Waals surface area contributed by atoms with Gasteiger partial charge in [0.1, 0.15) is 0 Å². The number of nitrogens with zero attached hydrogens (tertiary/aromatic N) is 3. The molecule has 14 heavy (non-hydrogen) atoms. The van der Waals surface area contributed by atoms with E-state index in [2.05, 4.69) is 25.9 Å². The van der Waals surface area contributed by atoms with Crippen molar-refractivity contribution < 1.29 is 9.90 Å². The Bertz CT molecular complexity index is 312. The number of hydrogen-bond donors (Lipinski definition) is 3. The molecule has 7 nitrogen and oxygen atoms in total. The Morgan fingerprint density at radius 3 is 3.07 bits per heavy atom. The zero-order valence-corrected chi connectivity index (χ0v) is 7.47. The number of hydrogen-bond acceptors (Lipinski definition) is 4. The molecular weight excluding hydrogens is 186 g/mol. The van der Waals surface area contributed by atoms with Crippen LogP contribution in [-0.2, 0) is 0 Å². The monoisotopic (exact) mass is 197 g/mol. The first-order valence-electron chi connectivity index (χ1n) is 4.50. The van der Waals surface area contributed by atoms with Crippen molar-refractivity contribution in [1.29, 1.82) is 0 Å². The normalized spacial score (nSPS) is 26.3. The predicted molar refractivity (Wildman–Crippen MR) is 45.7 cm³/mol. The standard InChI is InChI=1S/C7H11N5O2/c13-7(14)8-5-3-1-2-4(5)6-9-11-12-10-6/h4-5,8H,1-3H2,(H,13,14)(H,9,10,11,12)/t4-,5+/m1/s1. The van der Waals surface area contributed by atoms with E-state index in [-0.39, 0.29) is 12.0 Å². The Morgan fingerprint density at radius 2 is 2.43 bits per heavy atom. The van der Waals surface area contributed by atoms with E-state index in [4.69, 9.17) is 5.11 Å². The van der Waals surface area contributed by atoms with Crippen LogP contribution in [0.2, 0.25) is 0 Å². The molecule has 0 radical (unpaired) electrons. The summed E-state index contributed by atoms with van der Waals surface area (Å²) in [6.45, 7) is 0. The van der Waals surface area contributed by atoms with E-state index >= 15 is 0 Å². The molecule has 0 bridgehead atoms. The van der Waals surface area contributed by atoms with Gasteiger partial charge in [-0.3, -0.25) is 0 Å². The van der Waals surface area contributed by atoms with Gasteiger partial charge >= 0.3 is 6.09 Å². The van der Waals surface area contributed by atoms with Gasteiger partial charge in [0, 0.05) is 12.0 Å². The molecular formula is C7H11N5O2. The summed E-state index contributed by atoms with van der Waals surface area (Å²) in [6.07, 6.45) is 1.74. The molecule has 76 valence electrons. The lowest BCUT2D eigenvalue weighted by atomic mass is 10.0. The average Bonchev–Trinajstić information content (AvgIpc) is 2.70. The number of carbonyl (C=O) groups is 1. The highest BCUT2D eigenvalue weighted by Crippen LogP contribution is 2.32. The minimum Gasteiger partial charge on any atom is -0.465 e. The molecule has 0 saturated heterocycles. The van der Waals surface area contributed by atoms with Gasteiger partial charge in [0.05, 0.1) is 0 Å². The van der Waals surface area contributed by atoms with Gasteiger partial charge in [-0.15, -0.1) is 10.2 Å². The molecule has 2 atom stereocenters. The van der Waals surface area contributed by atoms with Crippen molar-refractivity contribution in [2.24, 2.45) is 0 Å². The molecule has 2 rings (SSSR count). The van der Waals surface area contributed by atoms with Crippen molar-refractivity contribution >= 4 is 6.09 Å². The summed E-state index contributed by atoms with van der Waals surface area (Å²) in [4.78, 5) is 10.5. The third-order valence-electron chi connectivity index (χ3n) is 2.52.